The SMILES string of the molecule is COc1ccc(C(=O)NCCS(=O)(=O)N2CCCC[C@H]2c2cccnc2)cc1. The van der Waals surface area contributed by atoms with Crippen molar-refractivity contribution in [2.24, 2.45) is 0 Å². The lowest BCUT2D eigenvalue weighted by atomic mass is 9.99. The number of carbonyl (C=O) groups is 1. The summed E-state index contributed by atoms with van der Waals surface area (Å²) in [6.45, 7) is 0.553. The third-order valence-electron chi connectivity index (χ3n) is 4.88. The lowest BCUT2D eigenvalue weighted by Crippen LogP contribution is -2.42. The van der Waals surface area contributed by atoms with Gasteiger partial charge in [0.2, 0.25) is 10.0 Å². The van der Waals surface area contributed by atoms with Crippen LogP contribution in [0.15, 0.2) is 48.8 Å². The zero-order valence-electron chi connectivity index (χ0n) is 15.9. The Morgan fingerprint density at radius 2 is 2.04 bits per heavy atom. The standard InChI is InChI=1S/C20H25N3O4S/c1-27-18-9-7-16(8-10-18)20(24)22-12-14-28(25,26)23-13-3-2-6-19(23)17-5-4-11-21-15-17/h4-5,7-11,15,19H,2-3,6,12-14H2,1H3,(H,22,24)/t19-/m0/s1. The number of ether oxygens (including phenoxy) is 1. The van der Waals surface area contributed by atoms with Crippen molar-refractivity contribution in [2.45, 2.75) is 25.3 Å². The van der Waals surface area contributed by atoms with E-state index < -0.39 is 10.0 Å². The maximum absolute atomic E-state index is 12.9. The van der Waals surface area contributed by atoms with Gasteiger partial charge in [0.05, 0.1) is 18.9 Å². The number of benzene rings is 1. The minimum Gasteiger partial charge on any atom is -0.497 e. The number of methoxy groups -OCH3 is 1. The van der Waals surface area contributed by atoms with Crippen molar-refractivity contribution in [3.8, 4) is 5.75 Å². The van der Waals surface area contributed by atoms with Crippen LogP contribution in [-0.4, -0.2) is 49.6 Å². The first-order valence-corrected chi connectivity index (χ1v) is 10.9. The zero-order chi connectivity index (χ0) is 20.0. The molecule has 0 saturated carbocycles. The van der Waals surface area contributed by atoms with Crippen LogP contribution in [-0.2, 0) is 10.0 Å². The molecule has 1 atom stereocenters. The summed E-state index contributed by atoms with van der Waals surface area (Å²) in [4.78, 5) is 16.3. The van der Waals surface area contributed by atoms with Crippen molar-refractivity contribution < 1.29 is 17.9 Å². The number of hydrogen-bond acceptors (Lipinski definition) is 5. The van der Waals surface area contributed by atoms with E-state index in [1.54, 1.807) is 48.1 Å². The minimum atomic E-state index is -3.50. The van der Waals surface area contributed by atoms with E-state index in [4.69, 9.17) is 4.74 Å². The molecule has 0 aliphatic carbocycles. The molecule has 0 unspecified atom stereocenters. The van der Waals surface area contributed by atoms with Gasteiger partial charge in [-0.15, -0.1) is 0 Å². The molecule has 28 heavy (non-hydrogen) atoms. The predicted octanol–water partition coefficient (Wildman–Crippen LogP) is 2.38. The van der Waals surface area contributed by atoms with Gasteiger partial charge >= 0.3 is 0 Å². The molecule has 0 bridgehead atoms. The highest BCUT2D eigenvalue weighted by Crippen LogP contribution is 2.32. The van der Waals surface area contributed by atoms with Crippen LogP contribution in [0.5, 0.6) is 5.75 Å². The summed E-state index contributed by atoms with van der Waals surface area (Å²) in [5, 5.41) is 2.69. The Bertz CT molecular complexity index is 885. The Hall–Kier alpha value is -2.45. The number of nitrogens with one attached hydrogen (secondary N) is 1. The lowest BCUT2D eigenvalue weighted by molar-refractivity contribution is 0.0956. The van der Waals surface area contributed by atoms with Crippen LogP contribution in [0.1, 0.15) is 41.2 Å². The average molecular weight is 404 g/mol. The van der Waals surface area contributed by atoms with Crippen molar-refractivity contribution in [1.29, 1.82) is 0 Å². The largest absolute Gasteiger partial charge is 0.497 e. The van der Waals surface area contributed by atoms with E-state index >= 15 is 0 Å². The van der Waals surface area contributed by atoms with Gasteiger partial charge in [-0.25, -0.2) is 8.42 Å². The monoisotopic (exact) mass is 403 g/mol. The lowest BCUT2D eigenvalue weighted by Gasteiger charge is -2.34. The third-order valence-corrected chi connectivity index (χ3v) is 6.75. The van der Waals surface area contributed by atoms with Crippen molar-refractivity contribution >= 4 is 15.9 Å². The third kappa shape index (κ3) is 4.88. The van der Waals surface area contributed by atoms with E-state index in [1.807, 2.05) is 12.1 Å². The second-order valence-corrected chi connectivity index (χ2v) is 8.75. The number of amides is 1. The van der Waals surface area contributed by atoms with Crippen LogP contribution in [0, 0.1) is 0 Å². The van der Waals surface area contributed by atoms with Gasteiger partial charge in [0.25, 0.3) is 5.91 Å². The molecule has 1 aliphatic rings. The molecule has 1 aromatic carbocycles. The summed E-state index contributed by atoms with van der Waals surface area (Å²) in [7, 11) is -1.94. The van der Waals surface area contributed by atoms with Crippen LogP contribution in [0.4, 0.5) is 0 Å². The van der Waals surface area contributed by atoms with Crippen LogP contribution in [0.3, 0.4) is 0 Å². The Morgan fingerprint density at radius 3 is 2.71 bits per heavy atom. The Labute approximate surface area is 165 Å². The number of aromatic nitrogens is 1. The number of pyridine rings is 1. The fraction of sp³-hybridized carbons (Fsp3) is 0.400. The van der Waals surface area contributed by atoms with Crippen molar-refractivity contribution in [3.05, 3.63) is 59.9 Å². The number of hydrogen-bond donors (Lipinski definition) is 1. The fourth-order valence-corrected chi connectivity index (χ4v) is 5.02. The molecule has 0 spiro atoms. The molecule has 1 aliphatic heterocycles. The van der Waals surface area contributed by atoms with Gasteiger partial charge in [0, 0.05) is 31.0 Å². The first kappa shape index (κ1) is 20.3. The van der Waals surface area contributed by atoms with Gasteiger partial charge in [0.1, 0.15) is 5.75 Å². The number of rotatable bonds is 7. The first-order valence-electron chi connectivity index (χ1n) is 9.33. The molecular weight excluding hydrogens is 378 g/mol. The normalized spacial score (nSPS) is 17.8. The number of piperidine rings is 1. The summed E-state index contributed by atoms with van der Waals surface area (Å²) in [6.07, 6.45) is 6.01. The fourth-order valence-electron chi connectivity index (χ4n) is 3.40. The van der Waals surface area contributed by atoms with Crippen LogP contribution in [0.25, 0.3) is 0 Å². The van der Waals surface area contributed by atoms with Crippen LogP contribution >= 0.6 is 0 Å². The van der Waals surface area contributed by atoms with Gasteiger partial charge in [-0.05, 0) is 48.7 Å². The molecule has 1 fully saturated rings. The van der Waals surface area contributed by atoms with Gasteiger partial charge in [0.15, 0.2) is 0 Å². The topological polar surface area (TPSA) is 88.6 Å². The van der Waals surface area contributed by atoms with Crippen molar-refractivity contribution in [2.75, 3.05) is 26.0 Å². The van der Waals surface area contributed by atoms with Gasteiger partial charge in [-0.2, -0.15) is 4.31 Å². The molecule has 8 heteroatoms. The average Bonchev–Trinajstić information content (AvgIpc) is 2.74. The van der Waals surface area contributed by atoms with E-state index in [0.29, 0.717) is 17.9 Å². The molecule has 1 saturated heterocycles. The van der Waals surface area contributed by atoms with E-state index in [-0.39, 0.29) is 24.2 Å². The summed E-state index contributed by atoms with van der Waals surface area (Å²) < 4.78 is 32.4. The van der Waals surface area contributed by atoms with Crippen molar-refractivity contribution in [1.82, 2.24) is 14.6 Å². The molecule has 7 nitrogen and oxygen atoms in total. The molecule has 0 radical (unpaired) electrons. The molecule has 2 aromatic rings. The highest BCUT2D eigenvalue weighted by molar-refractivity contribution is 7.89. The first-order chi connectivity index (χ1) is 13.5. The number of nitrogens with zero attached hydrogens (tertiary/aromatic N) is 2. The maximum Gasteiger partial charge on any atom is 0.251 e. The Morgan fingerprint density at radius 1 is 1.25 bits per heavy atom. The highest BCUT2D eigenvalue weighted by atomic mass is 32.2. The Balaban J connectivity index is 1.61. The summed E-state index contributed by atoms with van der Waals surface area (Å²) >= 11 is 0. The summed E-state index contributed by atoms with van der Waals surface area (Å²) in [5.41, 5.74) is 1.37. The highest BCUT2D eigenvalue weighted by Gasteiger charge is 2.33. The molecular formula is C20H25N3O4S. The van der Waals surface area contributed by atoms with Gasteiger partial charge in [-0.1, -0.05) is 12.5 Å². The van der Waals surface area contributed by atoms with E-state index in [9.17, 15) is 13.2 Å². The molecule has 150 valence electrons. The quantitative estimate of drug-likeness (QED) is 0.767. The van der Waals surface area contributed by atoms with Crippen molar-refractivity contribution in [3.63, 3.8) is 0 Å². The van der Waals surface area contributed by atoms with Crippen LogP contribution in [0.2, 0.25) is 0 Å². The van der Waals surface area contributed by atoms with Gasteiger partial charge in [-0.3, -0.25) is 9.78 Å². The van der Waals surface area contributed by atoms with E-state index in [1.165, 1.54) is 0 Å². The second kappa shape index (κ2) is 9.16. The second-order valence-electron chi connectivity index (χ2n) is 6.71. The molecule has 1 amide bonds. The molecule has 1 N–H and O–H groups in total. The molecule has 2 heterocycles. The van der Waals surface area contributed by atoms with E-state index in [0.717, 1.165) is 24.8 Å². The Kier molecular flexibility index (Phi) is 6.64. The molecule has 1 aromatic heterocycles. The number of sulfonamides is 1. The predicted molar refractivity (Wildman–Crippen MR) is 107 cm³/mol. The van der Waals surface area contributed by atoms with Gasteiger partial charge < -0.3 is 10.1 Å². The van der Waals surface area contributed by atoms with Crippen LogP contribution < -0.4 is 10.1 Å². The molecule has 3 rings (SSSR count). The number of carbonyl (C=O) groups excluding carboxylic acids is 1. The zero-order valence-corrected chi connectivity index (χ0v) is 16.7. The summed E-state index contributed by atoms with van der Waals surface area (Å²) in [5.74, 6) is 0.219. The maximum atomic E-state index is 12.9. The smallest absolute Gasteiger partial charge is 0.251 e. The van der Waals surface area contributed by atoms with E-state index in [2.05, 4.69) is 10.3 Å². The minimum absolute atomic E-state index is 0.0590. The summed E-state index contributed by atoms with van der Waals surface area (Å²) in [6, 6.07) is 10.2.